The summed E-state index contributed by atoms with van der Waals surface area (Å²) in [7, 11) is 0. The smallest absolute Gasteiger partial charge is 0.326 e. The van der Waals surface area contributed by atoms with Gasteiger partial charge in [0, 0.05) is 25.7 Å². The largest absolute Gasteiger partial charge is 0.492 e. The van der Waals surface area contributed by atoms with Gasteiger partial charge in [-0.05, 0) is 49.2 Å². The molecule has 0 saturated carbocycles. The minimum Gasteiger partial charge on any atom is -0.492 e. The van der Waals surface area contributed by atoms with Crippen LogP contribution in [-0.4, -0.2) is 40.7 Å². The molecule has 1 saturated heterocycles. The van der Waals surface area contributed by atoms with E-state index in [4.69, 9.17) is 4.74 Å². The summed E-state index contributed by atoms with van der Waals surface area (Å²) in [6, 6.07) is 14.2. The van der Waals surface area contributed by atoms with Crippen molar-refractivity contribution in [1.82, 2.24) is 14.5 Å². The zero-order valence-electron chi connectivity index (χ0n) is 14.5. The molecule has 1 fully saturated rings. The van der Waals surface area contributed by atoms with Gasteiger partial charge in [-0.1, -0.05) is 12.1 Å². The molecule has 3 aromatic rings. The number of piperidine rings is 1. The highest BCUT2D eigenvalue weighted by Gasteiger charge is 2.23. The molecule has 1 aromatic heterocycles. The summed E-state index contributed by atoms with van der Waals surface area (Å²) < 4.78 is 20.5. The number of para-hydroxylation sites is 2. The van der Waals surface area contributed by atoms with Gasteiger partial charge in [-0.3, -0.25) is 9.47 Å². The van der Waals surface area contributed by atoms with Gasteiger partial charge in [0.2, 0.25) is 0 Å². The van der Waals surface area contributed by atoms with Crippen LogP contribution in [0.1, 0.15) is 18.9 Å². The topological polar surface area (TPSA) is 50.3 Å². The Kier molecular flexibility index (Phi) is 4.75. The molecule has 0 unspecified atom stereocenters. The molecule has 1 N–H and O–H groups in total. The van der Waals surface area contributed by atoms with Crippen molar-refractivity contribution >= 4 is 11.0 Å². The second-order valence-corrected chi connectivity index (χ2v) is 6.69. The number of hydrogen-bond donors (Lipinski definition) is 1. The van der Waals surface area contributed by atoms with Gasteiger partial charge in [0.25, 0.3) is 0 Å². The van der Waals surface area contributed by atoms with Gasteiger partial charge < -0.3 is 9.72 Å². The molecule has 0 atom stereocenters. The van der Waals surface area contributed by atoms with Crippen molar-refractivity contribution in [3.8, 4) is 5.75 Å². The number of imidazole rings is 1. The fraction of sp³-hybridized carbons (Fsp3) is 0.350. The maximum atomic E-state index is 12.9. The quantitative estimate of drug-likeness (QED) is 0.765. The van der Waals surface area contributed by atoms with Crippen LogP contribution >= 0.6 is 0 Å². The number of rotatable bonds is 5. The predicted molar refractivity (Wildman–Crippen MR) is 99.2 cm³/mol. The van der Waals surface area contributed by atoms with Crippen molar-refractivity contribution in [3.63, 3.8) is 0 Å². The van der Waals surface area contributed by atoms with Crippen LogP contribution in [0.5, 0.6) is 5.75 Å². The van der Waals surface area contributed by atoms with Crippen LogP contribution in [0, 0.1) is 5.82 Å². The molecule has 4 rings (SSSR count). The number of nitrogens with one attached hydrogen (secondary N) is 1. The first-order valence-corrected chi connectivity index (χ1v) is 9.01. The molecule has 136 valence electrons. The van der Waals surface area contributed by atoms with Gasteiger partial charge in [0.15, 0.2) is 0 Å². The number of fused-ring (bicyclic) bond motifs is 1. The lowest BCUT2D eigenvalue weighted by Crippen LogP contribution is -2.38. The number of aromatic amines is 1. The Morgan fingerprint density at radius 1 is 1.08 bits per heavy atom. The van der Waals surface area contributed by atoms with Crippen LogP contribution in [0.4, 0.5) is 4.39 Å². The summed E-state index contributed by atoms with van der Waals surface area (Å²) in [4.78, 5) is 17.6. The number of hydrogen-bond acceptors (Lipinski definition) is 3. The van der Waals surface area contributed by atoms with Gasteiger partial charge >= 0.3 is 5.69 Å². The SMILES string of the molecule is O=c1[nH]c2ccccc2n1C1CCN(CCOc2ccc(F)cc2)CC1. The third-order valence-corrected chi connectivity index (χ3v) is 5.04. The summed E-state index contributed by atoms with van der Waals surface area (Å²) in [6.45, 7) is 3.27. The van der Waals surface area contributed by atoms with E-state index in [2.05, 4.69) is 9.88 Å². The van der Waals surface area contributed by atoms with E-state index in [1.807, 2.05) is 28.8 Å². The number of benzene rings is 2. The van der Waals surface area contributed by atoms with E-state index in [9.17, 15) is 9.18 Å². The van der Waals surface area contributed by atoms with Crippen LogP contribution in [-0.2, 0) is 0 Å². The van der Waals surface area contributed by atoms with Crippen molar-refractivity contribution in [2.75, 3.05) is 26.2 Å². The lowest BCUT2D eigenvalue weighted by atomic mass is 10.0. The van der Waals surface area contributed by atoms with E-state index < -0.39 is 0 Å². The summed E-state index contributed by atoms with van der Waals surface area (Å²) in [5, 5.41) is 0. The number of halogens is 1. The Morgan fingerprint density at radius 3 is 2.58 bits per heavy atom. The van der Waals surface area contributed by atoms with E-state index in [1.54, 1.807) is 12.1 Å². The highest BCUT2D eigenvalue weighted by molar-refractivity contribution is 5.75. The molecule has 0 bridgehead atoms. The molecule has 2 heterocycles. The highest BCUT2D eigenvalue weighted by Crippen LogP contribution is 2.24. The van der Waals surface area contributed by atoms with Crippen LogP contribution in [0.3, 0.4) is 0 Å². The second-order valence-electron chi connectivity index (χ2n) is 6.69. The van der Waals surface area contributed by atoms with Crippen molar-refractivity contribution in [2.24, 2.45) is 0 Å². The average Bonchev–Trinajstić information content (AvgIpc) is 3.00. The molecule has 5 nitrogen and oxygen atoms in total. The number of H-pyrrole nitrogens is 1. The van der Waals surface area contributed by atoms with E-state index in [0.29, 0.717) is 12.4 Å². The molecule has 26 heavy (non-hydrogen) atoms. The van der Waals surface area contributed by atoms with Crippen LogP contribution in [0.2, 0.25) is 0 Å². The summed E-state index contributed by atoms with van der Waals surface area (Å²) >= 11 is 0. The van der Waals surface area contributed by atoms with E-state index in [1.165, 1.54) is 12.1 Å². The van der Waals surface area contributed by atoms with Crippen molar-refractivity contribution in [1.29, 1.82) is 0 Å². The lowest BCUT2D eigenvalue weighted by Gasteiger charge is -2.32. The molecule has 6 heteroatoms. The fourth-order valence-electron chi connectivity index (χ4n) is 3.66. The number of ether oxygens (including phenoxy) is 1. The zero-order valence-corrected chi connectivity index (χ0v) is 14.5. The zero-order chi connectivity index (χ0) is 17.9. The molecule has 0 aliphatic carbocycles. The van der Waals surface area contributed by atoms with Gasteiger partial charge in [0.05, 0.1) is 11.0 Å². The molecule has 2 aromatic carbocycles. The van der Waals surface area contributed by atoms with E-state index in [0.717, 1.165) is 43.5 Å². The Balaban J connectivity index is 1.32. The Morgan fingerprint density at radius 2 is 1.81 bits per heavy atom. The fourth-order valence-corrected chi connectivity index (χ4v) is 3.66. The summed E-state index contributed by atoms with van der Waals surface area (Å²) in [5.74, 6) is 0.429. The number of likely N-dealkylation sites (tertiary alicyclic amines) is 1. The third-order valence-electron chi connectivity index (χ3n) is 5.04. The monoisotopic (exact) mass is 355 g/mol. The molecular weight excluding hydrogens is 333 g/mol. The van der Waals surface area contributed by atoms with Gasteiger partial charge in [-0.15, -0.1) is 0 Å². The first kappa shape index (κ1) is 16.8. The van der Waals surface area contributed by atoms with Gasteiger partial charge in [-0.2, -0.15) is 0 Å². The molecule has 0 amide bonds. The Bertz CT molecular complexity index is 924. The predicted octanol–water partition coefficient (Wildman–Crippen LogP) is 3.18. The summed E-state index contributed by atoms with van der Waals surface area (Å²) in [5.41, 5.74) is 1.85. The minimum absolute atomic E-state index is 0.0238. The lowest BCUT2D eigenvalue weighted by molar-refractivity contribution is 0.157. The van der Waals surface area contributed by atoms with Crippen molar-refractivity contribution in [3.05, 3.63) is 64.8 Å². The summed E-state index contributed by atoms with van der Waals surface area (Å²) in [6.07, 6.45) is 1.89. The molecule has 1 aliphatic rings. The third kappa shape index (κ3) is 3.51. The maximum Gasteiger partial charge on any atom is 0.326 e. The molecular formula is C20H22FN3O2. The van der Waals surface area contributed by atoms with Crippen molar-refractivity contribution in [2.45, 2.75) is 18.9 Å². The molecule has 1 aliphatic heterocycles. The average molecular weight is 355 g/mol. The maximum absolute atomic E-state index is 12.9. The first-order valence-electron chi connectivity index (χ1n) is 9.01. The van der Waals surface area contributed by atoms with Crippen LogP contribution in [0.25, 0.3) is 11.0 Å². The van der Waals surface area contributed by atoms with Crippen LogP contribution in [0.15, 0.2) is 53.3 Å². The molecule has 0 radical (unpaired) electrons. The molecule has 0 spiro atoms. The van der Waals surface area contributed by atoms with E-state index >= 15 is 0 Å². The minimum atomic E-state index is -0.257. The number of aromatic nitrogens is 2. The second kappa shape index (κ2) is 7.33. The highest BCUT2D eigenvalue weighted by atomic mass is 19.1. The Labute approximate surface area is 151 Å². The van der Waals surface area contributed by atoms with Crippen molar-refractivity contribution < 1.29 is 9.13 Å². The van der Waals surface area contributed by atoms with Gasteiger partial charge in [-0.25, -0.2) is 9.18 Å². The standard InChI is InChI=1S/C20H22FN3O2/c21-15-5-7-17(8-6-15)26-14-13-23-11-9-16(10-12-23)24-19-4-2-1-3-18(19)22-20(24)25/h1-8,16H,9-14H2,(H,22,25). The first-order chi connectivity index (χ1) is 12.7. The van der Waals surface area contributed by atoms with Gasteiger partial charge in [0.1, 0.15) is 18.2 Å². The number of nitrogens with zero attached hydrogens (tertiary/aromatic N) is 2. The van der Waals surface area contributed by atoms with Crippen LogP contribution < -0.4 is 10.4 Å². The van der Waals surface area contributed by atoms with E-state index in [-0.39, 0.29) is 17.5 Å². The Hall–Kier alpha value is -2.60. The normalized spacial score (nSPS) is 16.2.